The van der Waals surface area contributed by atoms with Crippen molar-refractivity contribution in [2.75, 3.05) is 49.2 Å². The van der Waals surface area contributed by atoms with Gasteiger partial charge in [-0.3, -0.25) is 4.79 Å². The molecule has 190 valence electrons. The zero-order valence-corrected chi connectivity index (χ0v) is 21.5. The highest BCUT2D eigenvalue weighted by molar-refractivity contribution is 5.80. The molecular formula is C25H39N9O. The van der Waals surface area contributed by atoms with Crippen LogP contribution in [0.2, 0.25) is 0 Å². The Hall–Kier alpha value is -2.91. The lowest BCUT2D eigenvalue weighted by atomic mass is 9.76. The number of hydrogen-bond acceptors (Lipinski definition) is 8. The van der Waals surface area contributed by atoms with Gasteiger partial charge in [-0.05, 0) is 44.9 Å². The first-order chi connectivity index (χ1) is 16.7. The van der Waals surface area contributed by atoms with E-state index in [1.54, 1.807) is 4.68 Å². The minimum Gasteiger partial charge on any atom is -0.368 e. The van der Waals surface area contributed by atoms with Crippen molar-refractivity contribution in [3.8, 4) is 0 Å². The molecule has 5 rings (SSSR count). The van der Waals surface area contributed by atoms with Gasteiger partial charge < -0.3 is 20.9 Å². The molecule has 1 aliphatic carbocycles. The van der Waals surface area contributed by atoms with Crippen molar-refractivity contribution >= 4 is 23.6 Å². The Morgan fingerprint density at radius 2 is 1.94 bits per heavy atom. The van der Waals surface area contributed by atoms with Gasteiger partial charge in [0.05, 0.1) is 5.69 Å². The normalized spacial score (nSPS) is 24.1. The number of rotatable bonds is 6. The minimum absolute atomic E-state index is 0.0119. The van der Waals surface area contributed by atoms with Gasteiger partial charge >= 0.3 is 0 Å². The summed E-state index contributed by atoms with van der Waals surface area (Å²) in [7, 11) is 3.72. The third-order valence-corrected chi connectivity index (χ3v) is 8.07. The number of nitrogens with two attached hydrogens (primary N) is 1. The average molecular weight is 482 g/mol. The monoisotopic (exact) mass is 481 g/mol. The number of fused-ring (bicyclic) bond motifs is 1. The maximum atomic E-state index is 12.3. The maximum Gasteiger partial charge on any atom is 0.225 e. The van der Waals surface area contributed by atoms with Crippen molar-refractivity contribution in [2.24, 2.45) is 13.0 Å². The summed E-state index contributed by atoms with van der Waals surface area (Å²) in [4.78, 5) is 31.1. The van der Waals surface area contributed by atoms with Crippen molar-refractivity contribution in [1.82, 2.24) is 29.6 Å². The van der Waals surface area contributed by atoms with E-state index in [0.29, 0.717) is 18.4 Å². The molecule has 3 N–H and O–H groups in total. The van der Waals surface area contributed by atoms with E-state index < -0.39 is 0 Å². The van der Waals surface area contributed by atoms with Crippen LogP contribution in [0.4, 0.5) is 17.7 Å². The number of piperidine rings is 1. The van der Waals surface area contributed by atoms with Crippen LogP contribution in [-0.2, 0) is 23.7 Å². The smallest absolute Gasteiger partial charge is 0.225 e. The summed E-state index contributed by atoms with van der Waals surface area (Å²) in [5.74, 6) is 3.59. The van der Waals surface area contributed by atoms with Crippen LogP contribution in [-0.4, -0.2) is 68.8 Å². The molecule has 0 bridgehead atoms. The standard InChI is InChI=1S/C25H39N9O/c1-25(2)11-5-8-18-19(25)28-24(27-12-9-16-10-14-32(3)22(16)35)30-21(18)34-13-6-7-17(15-34)20-29-23(26)33(4)31-20/h16-17H,5-15H2,1-4H3,(H2,26,29,31)(H,27,28,30). The van der Waals surface area contributed by atoms with Crippen molar-refractivity contribution in [2.45, 2.75) is 70.1 Å². The molecule has 0 spiro atoms. The largest absolute Gasteiger partial charge is 0.368 e. The van der Waals surface area contributed by atoms with Gasteiger partial charge in [0.25, 0.3) is 0 Å². The first-order valence-electron chi connectivity index (χ1n) is 13.0. The maximum absolute atomic E-state index is 12.3. The number of anilines is 3. The van der Waals surface area contributed by atoms with Crippen LogP contribution in [0.15, 0.2) is 0 Å². The molecule has 35 heavy (non-hydrogen) atoms. The molecule has 0 saturated carbocycles. The van der Waals surface area contributed by atoms with Gasteiger partial charge in [0.1, 0.15) is 5.82 Å². The quantitative estimate of drug-likeness (QED) is 0.646. The molecule has 2 saturated heterocycles. The van der Waals surface area contributed by atoms with E-state index in [1.165, 1.54) is 5.56 Å². The lowest BCUT2D eigenvalue weighted by Crippen LogP contribution is -2.38. The van der Waals surface area contributed by atoms with Crippen LogP contribution in [0.5, 0.6) is 0 Å². The van der Waals surface area contributed by atoms with Crippen molar-refractivity contribution < 1.29 is 4.79 Å². The Labute approximate surface area is 207 Å². The minimum atomic E-state index is 0.0119. The molecule has 0 aromatic carbocycles. The summed E-state index contributed by atoms with van der Waals surface area (Å²) >= 11 is 0. The topological polar surface area (TPSA) is 118 Å². The van der Waals surface area contributed by atoms with Gasteiger partial charge in [-0.25, -0.2) is 9.67 Å². The highest BCUT2D eigenvalue weighted by Gasteiger charge is 2.35. The fourth-order valence-corrected chi connectivity index (χ4v) is 5.92. The van der Waals surface area contributed by atoms with Gasteiger partial charge in [0, 0.05) is 63.1 Å². The summed E-state index contributed by atoms with van der Waals surface area (Å²) < 4.78 is 1.65. The fourth-order valence-electron chi connectivity index (χ4n) is 5.92. The number of nitrogens with one attached hydrogen (secondary N) is 1. The molecule has 2 aromatic heterocycles. The zero-order valence-electron chi connectivity index (χ0n) is 21.5. The second kappa shape index (κ2) is 9.28. The summed E-state index contributed by atoms with van der Waals surface area (Å²) in [6.45, 7) is 7.92. The molecule has 0 radical (unpaired) electrons. The number of hydrogen-bond donors (Lipinski definition) is 2. The van der Waals surface area contributed by atoms with Crippen molar-refractivity contribution in [3.05, 3.63) is 17.1 Å². The SMILES string of the molecule is CN1CCC(CCNc2nc(N3CCCC(c4nc(N)n(C)n4)C3)c3c(n2)C(C)(C)CCC3)C1=O. The molecule has 4 heterocycles. The van der Waals surface area contributed by atoms with Crippen LogP contribution in [0, 0.1) is 5.92 Å². The van der Waals surface area contributed by atoms with Gasteiger partial charge in [-0.1, -0.05) is 13.8 Å². The van der Waals surface area contributed by atoms with Crippen LogP contribution < -0.4 is 16.0 Å². The second-order valence-electron chi connectivity index (χ2n) is 11.1. The van der Waals surface area contributed by atoms with E-state index in [-0.39, 0.29) is 23.2 Å². The van der Waals surface area contributed by atoms with E-state index in [9.17, 15) is 4.79 Å². The number of amides is 1. The Balaban J connectivity index is 1.39. The van der Waals surface area contributed by atoms with Gasteiger partial charge in [-0.15, -0.1) is 0 Å². The van der Waals surface area contributed by atoms with Crippen LogP contribution >= 0.6 is 0 Å². The highest BCUT2D eigenvalue weighted by atomic mass is 16.2. The van der Waals surface area contributed by atoms with E-state index in [4.69, 9.17) is 15.7 Å². The number of nitrogen functional groups attached to an aromatic ring is 1. The third kappa shape index (κ3) is 4.67. The molecule has 1 amide bonds. The Kier molecular flexibility index (Phi) is 6.31. The molecule has 2 aliphatic heterocycles. The highest BCUT2D eigenvalue weighted by Crippen LogP contribution is 2.41. The van der Waals surface area contributed by atoms with Gasteiger partial charge in [0.2, 0.25) is 17.8 Å². The third-order valence-electron chi connectivity index (χ3n) is 8.07. The number of nitrogens with zero attached hydrogens (tertiary/aromatic N) is 7. The lowest BCUT2D eigenvalue weighted by Gasteiger charge is -2.38. The van der Waals surface area contributed by atoms with E-state index in [0.717, 1.165) is 81.9 Å². The predicted molar refractivity (Wildman–Crippen MR) is 136 cm³/mol. The predicted octanol–water partition coefficient (Wildman–Crippen LogP) is 2.47. The van der Waals surface area contributed by atoms with E-state index >= 15 is 0 Å². The van der Waals surface area contributed by atoms with Crippen LogP contribution in [0.1, 0.15) is 75.4 Å². The first kappa shape index (κ1) is 23.8. The van der Waals surface area contributed by atoms with E-state index in [1.807, 2.05) is 19.0 Å². The van der Waals surface area contributed by atoms with Crippen LogP contribution in [0.25, 0.3) is 0 Å². The lowest BCUT2D eigenvalue weighted by molar-refractivity contribution is -0.129. The molecule has 10 nitrogen and oxygen atoms in total. The fraction of sp³-hybridized carbons (Fsp3) is 0.720. The summed E-state index contributed by atoms with van der Waals surface area (Å²) in [5, 5.41) is 8.02. The Morgan fingerprint density at radius 3 is 2.66 bits per heavy atom. The van der Waals surface area contributed by atoms with Gasteiger partial charge in [0.15, 0.2) is 5.82 Å². The van der Waals surface area contributed by atoms with Crippen molar-refractivity contribution in [3.63, 3.8) is 0 Å². The number of likely N-dealkylation sites (tertiary alicyclic amines) is 1. The number of aromatic nitrogens is 5. The molecule has 2 atom stereocenters. The Bertz CT molecular complexity index is 1080. The molecule has 10 heteroatoms. The molecule has 2 fully saturated rings. The van der Waals surface area contributed by atoms with Crippen LogP contribution in [0.3, 0.4) is 0 Å². The zero-order chi connectivity index (χ0) is 24.7. The summed E-state index contributed by atoms with van der Waals surface area (Å²) in [5.41, 5.74) is 8.42. The second-order valence-corrected chi connectivity index (χ2v) is 11.1. The van der Waals surface area contributed by atoms with Gasteiger partial charge in [-0.2, -0.15) is 15.1 Å². The average Bonchev–Trinajstić information content (AvgIpc) is 3.34. The molecule has 2 aromatic rings. The number of carbonyl (C=O) groups is 1. The van der Waals surface area contributed by atoms with Crippen molar-refractivity contribution in [1.29, 1.82) is 0 Å². The number of aryl methyl sites for hydroxylation is 1. The first-order valence-corrected chi connectivity index (χ1v) is 13.0. The molecule has 2 unspecified atom stereocenters. The number of carbonyl (C=O) groups excluding carboxylic acids is 1. The summed E-state index contributed by atoms with van der Waals surface area (Å²) in [6, 6.07) is 0. The Morgan fingerprint density at radius 1 is 1.11 bits per heavy atom. The van der Waals surface area contributed by atoms with E-state index in [2.05, 4.69) is 34.1 Å². The summed E-state index contributed by atoms with van der Waals surface area (Å²) in [6.07, 6.45) is 7.13. The molecule has 3 aliphatic rings. The molecular weight excluding hydrogens is 442 g/mol.